The minimum absolute atomic E-state index is 0.198. The second kappa shape index (κ2) is 6.92. The Bertz CT molecular complexity index is 819. The lowest BCUT2D eigenvalue weighted by Crippen LogP contribution is -2.25. The highest BCUT2D eigenvalue weighted by atomic mass is 32.2. The Balaban J connectivity index is 1.42. The van der Waals surface area contributed by atoms with Crippen LogP contribution in [0.1, 0.15) is 23.1 Å². The van der Waals surface area contributed by atoms with Crippen molar-refractivity contribution in [2.45, 2.75) is 37.0 Å². The molecule has 5 heteroatoms. The molecule has 0 N–H and O–H groups in total. The van der Waals surface area contributed by atoms with Gasteiger partial charge in [0, 0.05) is 11.7 Å². The van der Waals surface area contributed by atoms with Gasteiger partial charge in [-0.25, -0.2) is 4.99 Å². The molecule has 0 saturated heterocycles. The Kier molecular flexibility index (Phi) is 4.49. The molecule has 2 aromatic carbocycles. The van der Waals surface area contributed by atoms with Crippen LogP contribution in [-0.2, 0) is 24.1 Å². The predicted molar refractivity (Wildman–Crippen MR) is 96.9 cm³/mol. The highest BCUT2D eigenvalue weighted by molar-refractivity contribution is 8.14. The summed E-state index contributed by atoms with van der Waals surface area (Å²) in [6.07, 6.45) is 3.61. The van der Waals surface area contributed by atoms with Gasteiger partial charge >= 0.3 is 0 Å². The standard InChI is InChI=1S/C20H19NO3S/c22-19-18(25-20(23)21-19)12-14-6-9-17-15(10-14)7-8-16(24-17)11-13-4-2-1-3-5-13/h1-6,9-10,16,18H,7-8,11-12H2,(H,21,22,23)/p-1/t16-,18?/m1/s1. The summed E-state index contributed by atoms with van der Waals surface area (Å²) < 4.78 is 6.15. The summed E-state index contributed by atoms with van der Waals surface area (Å²) in [5.74, 6) is 0.619. The molecule has 0 spiro atoms. The molecule has 2 aliphatic rings. The van der Waals surface area contributed by atoms with E-state index >= 15 is 0 Å². The molecule has 0 radical (unpaired) electrons. The number of hydrogen-bond donors (Lipinski definition) is 0. The van der Waals surface area contributed by atoms with E-state index in [1.54, 1.807) is 0 Å². The Morgan fingerprint density at radius 2 is 1.96 bits per heavy atom. The molecule has 2 aromatic rings. The van der Waals surface area contributed by atoms with E-state index in [1.165, 1.54) is 11.1 Å². The van der Waals surface area contributed by atoms with E-state index in [0.717, 1.165) is 42.3 Å². The van der Waals surface area contributed by atoms with Gasteiger partial charge in [-0.05, 0) is 42.0 Å². The van der Waals surface area contributed by atoms with Crippen molar-refractivity contribution in [1.29, 1.82) is 0 Å². The van der Waals surface area contributed by atoms with Crippen LogP contribution in [0.3, 0.4) is 0 Å². The van der Waals surface area contributed by atoms with Gasteiger partial charge in [0.15, 0.2) is 0 Å². The van der Waals surface area contributed by atoms with Crippen LogP contribution in [0.15, 0.2) is 53.5 Å². The van der Waals surface area contributed by atoms with Crippen molar-refractivity contribution in [3.8, 4) is 5.75 Å². The number of aryl methyl sites for hydroxylation is 1. The third-order valence-corrected chi connectivity index (χ3v) is 5.55. The molecule has 128 valence electrons. The van der Waals surface area contributed by atoms with Crippen molar-refractivity contribution in [2.75, 3.05) is 0 Å². The molecule has 25 heavy (non-hydrogen) atoms. The van der Waals surface area contributed by atoms with Crippen molar-refractivity contribution >= 4 is 22.9 Å². The van der Waals surface area contributed by atoms with Crippen molar-refractivity contribution in [2.24, 2.45) is 4.99 Å². The van der Waals surface area contributed by atoms with Crippen molar-refractivity contribution in [1.82, 2.24) is 0 Å². The normalized spacial score (nSPS) is 22.2. The number of fused-ring (bicyclic) bond motifs is 1. The molecule has 4 nitrogen and oxygen atoms in total. The van der Waals surface area contributed by atoms with E-state index in [2.05, 4.69) is 35.3 Å². The number of aliphatic imine (C=N–C) groups is 1. The largest absolute Gasteiger partial charge is 0.854 e. The quantitative estimate of drug-likeness (QED) is 0.848. The molecule has 0 bridgehead atoms. The molecule has 2 heterocycles. The van der Waals surface area contributed by atoms with Crippen LogP contribution >= 0.6 is 11.8 Å². The summed E-state index contributed by atoms with van der Waals surface area (Å²) in [7, 11) is 0. The lowest BCUT2D eigenvalue weighted by molar-refractivity contribution is -0.205. The number of carbonyl (C=O) groups is 1. The Morgan fingerprint density at radius 1 is 1.12 bits per heavy atom. The van der Waals surface area contributed by atoms with Gasteiger partial charge in [0.1, 0.15) is 11.9 Å². The SMILES string of the molecule is O=C1N=C([O-])SC1Cc1ccc2c(c1)CC[C@H](Cc1ccccc1)O2. The predicted octanol–water partition coefficient (Wildman–Crippen LogP) is 2.52. The topological polar surface area (TPSA) is 61.7 Å². The van der Waals surface area contributed by atoms with Gasteiger partial charge in [-0.1, -0.05) is 42.5 Å². The van der Waals surface area contributed by atoms with Crippen LogP contribution in [0.5, 0.6) is 5.75 Å². The molecule has 0 aromatic heterocycles. The second-order valence-electron chi connectivity index (χ2n) is 6.44. The third-order valence-electron chi connectivity index (χ3n) is 4.60. The zero-order valence-corrected chi connectivity index (χ0v) is 14.5. The Labute approximate surface area is 150 Å². The fourth-order valence-electron chi connectivity index (χ4n) is 3.35. The van der Waals surface area contributed by atoms with E-state index in [0.29, 0.717) is 6.42 Å². The number of benzene rings is 2. The van der Waals surface area contributed by atoms with Gasteiger partial charge < -0.3 is 9.84 Å². The first-order valence-electron chi connectivity index (χ1n) is 8.46. The van der Waals surface area contributed by atoms with Gasteiger partial charge in [-0.15, -0.1) is 11.8 Å². The van der Waals surface area contributed by atoms with E-state index in [4.69, 9.17) is 4.74 Å². The molecule has 4 rings (SSSR count). The number of nitrogens with zero attached hydrogens (tertiary/aromatic N) is 1. The zero-order valence-electron chi connectivity index (χ0n) is 13.7. The monoisotopic (exact) mass is 352 g/mol. The maximum atomic E-state index is 11.7. The molecule has 0 fully saturated rings. The molecule has 0 aliphatic carbocycles. The number of ether oxygens (including phenoxy) is 1. The average molecular weight is 352 g/mol. The van der Waals surface area contributed by atoms with E-state index in [1.807, 2.05) is 18.2 Å². The summed E-state index contributed by atoms with van der Waals surface area (Å²) in [4.78, 5) is 15.1. The number of thioether (sulfide) groups is 1. The number of rotatable bonds is 4. The molecule has 2 aliphatic heterocycles. The number of amides is 1. The second-order valence-corrected chi connectivity index (χ2v) is 7.59. The molecular weight excluding hydrogens is 334 g/mol. The maximum Gasteiger partial charge on any atom is 0.259 e. The Morgan fingerprint density at radius 3 is 2.72 bits per heavy atom. The van der Waals surface area contributed by atoms with E-state index < -0.39 is 0 Å². The molecule has 1 unspecified atom stereocenters. The van der Waals surface area contributed by atoms with Crippen molar-refractivity contribution in [3.63, 3.8) is 0 Å². The van der Waals surface area contributed by atoms with Gasteiger partial charge in [0.05, 0.1) is 5.25 Å². The highest BCUT2D eigenvalue weighted by Crippen LogP contribution is 2.31. The molecule has 2 atom stereocenters. The first-order chi connectivity index (χ1) is 12.2. The minimum Gasteiger partial charge on any atom is -0.854 e. The van der Waals surface area contributed by atoms with Crippen LogP contribution in [0.25, 0.3) is 0 Å². The summed E-state index contributed by atoms with van der Waals surface area (Å²) in [5, 5.41) is 10.5. The highest BCUT2D eigenvalue weighted by Gasteiger charge is 2.25. The number of hydrogen-bond acceptors (Lipinski definition) is 4. The van der Waals surface area contributed by atoms with Gasteiger partial charge in [0.25, 0.3) is 5.91 Å². The number of carbonyl (C=O) groups excluding carboxylic acids is 1. The van der Waals surface area contributed by atoms with Crippen molar-refractivity contribution in [3.05, 3.63) is 65.2 Å². The summed E-state index contributed by atoms with van der Waals surface area (Å²) in [6.45, 7) is 0. The van der Waals surface area contributed by atoms with Crippen LogP contribution in [0.2, 0.25) is 0 Å². The van der Waals surface area contributed by atoms with Crippen LogP contribution < -0.4 is 9.84 Å². The van der Waals surface area contributed by atoms with E-state index in [-0.39, 0.29) is 22.5 Å². The minimum atomic E-state index is -0.375. The Hall–Kier alpha value is -2.27. The summed E-state index contributed by atoms with van der Waals surface area (Å²) in [6, 6.07) is 16.5. The molecular formula is C20H18NO3S-. The average Bonchev–Trinajstić information content (AvgIpc) is 2.93. The molecule has 0 saturated carbocycles. The first-order valence-corrected chi connectivity index (χ1v) is 9.34. The first kappa shape index (κ1) is 16.2. The van der Waals surface area contributed by atoms with Crippen LogP contribution in [0.4, 0.5) is 0 Å². The zero-order chi connectivity index (χ0) is 17.2. The van der Waals surface area contributed by atoms with Crippen LogP contribution in [-0.4, -0.2) is 22.5 Å². The van der Waals surface area contributed by atoms with Crippen molar-refractivity contribution < 1.29 is 14.6 Å². The van der Waals surface area contributed by atoms with E-state index in [9.17, 15) is 9.90 Å². The maximum absolute atomic E-state index is 11.7. The van der Waals surface area contributed by atoms with Crippen LogP contribution in [0, 0.1) is 0 Å². The fourth-order valence-corrected chi connectivity index (χ4v) is 4.16. The van der Waals surface area contributed by atoms with Gasteiger partial charge in [-0.3, -0.25) is 4.79 Å². The third kappa shape index (κ3) is 3.71. The smallest absolute Gasteiger partial charge is 0.259 e. The summed E-state index contributed by atoms with van der Waals surface area (Å²) >= 11 is 1.02. The fraction of sp³-hybridized carbons (Fsp3) is 0.300. The van der Waals surface area contributed by atoms with Gasteiger partial charge in [0.2, 0.25) is 0 Å². The lowest BCUT2D eigenvalue weighted by Gasteiger charge is -2.27. The van der Waals surface area contributed by atoms with Gasteiger partial charge in [-0.2, -0.15) is 0 Å². The lowest BCUT2D eigenvalue weighted by atomic mass is 9.95. The molecule has 1 amide bonds. The summed E-state index contributed by atoms with van der Waals surface area (Å²) in [5.41, 5.74) is 3.53.